The molecule has 0 aliphatic heterocycles. The summed E-state index contributed by atoms with van der Waals surface area (Å²) in [6.07, 6.45) is 2.41. The summed E-state index contributed by atoms with van der Waals surface area (Å²) in [7, 11) is 0. The van der Waals surface area contributed by atoms with E-state index in [0.717, 1.165) is 0 Å². The third kappa shape index (κ3) is 3.08. The summed E-state index contributed by atoms with van der Waals surface area (Å²) < 4.78 is 1.17. The molecule has 0 amide bonds. The Balaban J connectivity index is 2.61. The number of hydrogen-bond acceptors (Lipinski definition) is 2. The lowest BCUT2D eigenvalue weighted by atomic mass is 9.97. The van der Waals surface area contributed by atoms with Gasteiger partial charge in [-0.05, 0) is 40.4 Å². The van der Waals surface area contributed by atoms with E-state index < -0.39 is 0 Å². The lowest BCUT2D eigenvalue weighted by Gasteiger charge is -2.17. The van der Waals surface area contributed by atoms with Crippen molar-refractivity contribution in [3.8, 4) is 0 Å². The molecule has 0 saturated carbocycles. The third-order valence-electron chi connectivity index (χ3n) is 2.28. The average Bonchev–Trinajstić information content (AvgIpc) is 2.51. The van der Waals surface area contributed by atoms with Gasteiger partial charge in [0.1, 0.15) is 0 Å². The van der Waals surface area contributed by atoms with Crippen molar-refractivity contribution in [2.45, 2.75) is 32.7 Å². The fourth-order valence-electron chi connectivity index (χ4n) is 1.42. The van der Waals surface area contributed by atoms with Crippen molar-refractivity contribution in [3.05, 3.63) is 20.8 Å². The lowest BCUT2D eigenvalue weighted by Crippen LogP contribution is -2.17. The van der Waals surface area contributed by atoms with E-state index in [4.69, 9.17) is 5.73 Å². The van der Waals surface area contributed by atoms with Crippen molar-refractivity contribution >= 4 is 27.3 Å². The van der Waals surface area contributed by atoms with E-state index in [9.17, 15) is 0 Å². The van der Waals surface area contributed by atoms with Crippen LogP contribution in [0.15, 0.2) is 15.9 Å². The summed E-state index contributed by atoms with van der Waals surface area (Å²) in [5, 5.41) is 0. The van der Waals surface area contributed by atoms with Gasteiger partial charge >= 0.3 is 0 Å². The number of halogens is 1. The highest BCUT2D eigenvalue weighted by Gasteiger charge is 2.15. The predicted molar refractivity (Wildman–Crippen MR) is 63.0 cm³/mol. The van der Waals surface area contributed by atoms with E-state index in [0.29, 0.717) is 5.92 Å². The van der Waals surface area contributed by atoms with Crippen LogP contribution in [0, 0.1) is 5.92 Å². The molecule has 3 heteroatoms. The number of nitrogens with two attached hydrogens (primary N) is 1. The fourth-order valence-corrected chi connectivity index (χ4v) is 2.98. The number of rotatable bonds is 4. The van der Waals surface area contributed by atoms with Gasteiger partial charge in [0.2, 0.25) is 0 Å². The maximum absolute atomic E-state index is 6.13. The largest absolute Gasteiger partial charge is 0.323 e. The van der Waals surface area contributed by atoms with Crippen LogP contribution in [-0.4, -0.2) is 0 Å². The highest BCUT2D eigenvalue weighted by atomic mass is 79.9. The van der Waals surface area contributed by atoms with Crippen LogP contribution in [0.2, 0.25) is 0 Å². The molecule has 0 bridgehead atoms. The highest BCUT2D eigenvalue weighted by Crippen LogP contribution is 2.31. The van der Waals surface area contributed by atoms with Gasteiger partial charge in [0.15, 0.2) is 0 Å². The van der Waals surface area contributed by atoms with Crippen LogP contribution in [-0.2, 0) is 0 Å². The lowest BCUT2D eigenvalue weighted by molar-refractivity contribution is 0.438. The monoisotopic (exact) mass is 261 g/mol. The molecule has 1 aromatic heterocycles. The molecule has 74 valence electrons. The van der Waals surface area contributed by atoms with E-state index in [2.05, 4.69) is 41.9 Å². The fraction of sp³-hybridized carbons (Fsp3) is 0.600. The zero-order valence-electron chi connectivity index (χ0n) is 8.09. The predicted octanol–water partition coefficient (Wildman–Crippen LogP) is 3.95. The number of hydrogen-bond donors (Lipinski definition) is 1. The van der Waals surface area contributed by atoms with Crippen molar-refractivity contribution in [2.24, 2.45) is 11.7 Å². The van der Waals surface area contributed by atoms with Crippen LogP contribution < -0.4 is 5.73 Å². The molecule has 0 aliphatic rings. The second kappa shape index (κ2) is 5.13. The van der Waals surface area contributed by atoms with Gasteiger partial charge in [-0.3, -0.25) is 0 Å². The van der Waals surface area contributed by atoms with Crippen LogP contribution in [0.25, 0.3) is 0 Å². The molecule has 13 heavy (non-hydrogen) atoms. The van der Waals surface area contributed by atoms with Gasteiger partial charge in [-0.2, -0.15) is 0 Å². The highest BCUT2D eigenvalue weighted by molar-refractivity contribution is 9.11. The first-order valence-corrected chi connectivity index (χ1v) is 6.27. The zero-order chi connectivity index (χ0) is 9.84. The minimum atomic E-state index is 0.205. The van der Waals surface area contributed by atoms with E-state index in [-0.39, 0.29) is 6.04 Å². The third-order valence-corrected chi connectivity index (χ3v) is 4.00. The van der Waals surface area contributed by atoms with E-state index in [1.807, 2.05) is 0 Å². The Labute approximate surface area is 92.5 Å². The molecule has 0 spiro atoms. The first-order valence-electron chi connectivity index (χ1n) is 4.66. The van der Waals surface area contributed by atoms with Crippen LogP contribution in [0.3, 0.4) is 0 Å². The second-order valence-corrected chi connectivity index (χ2v) is 5.93. The maximum atomic E-state index is 6.13. The average molecular weight is 262 g/mol. The van der Waals surface area contributed by atoms with Gasteiger partial charge < -0.3 is 5.73 Å². The van der Waals surface area contributed by atoms with E-state index in [1.54, 1.807) is 11.3 Å². The van der Waals surface area contributed by atoms with Gasteiger partial charge in [-0.1, -0.05) is 20.3 Å². The molecule has 0 fully saturated rings. The van der Waals surface area contributed by atoms with E-state index in [1.165, 1.54) is 21.5 Å². The molecule has 0 aliphatic carbocycles. The Morgan fingerprint density at radius 1 is 1.54 bits per heavy atom. The topological polar surface area (TPSA) is 26.0 Å². The van der Waals surface area contributed by atoms with Crippen molar-refractivity contribution < 1.29 is 0 Å². The van der Waals surface area contributed by atoms with Gasteiger partial charge in [0.05, 0.1) is 3.79 Å². The molecular formula is C10H16BrNS. The normalized spacial score (nSPS) is 15.7. The Kier molecular flexibility index (Phi) is 4.42. The van der Waals surface area contributed by atoms with Crippen LogP contribution in [0.1, 0.15) is 37.6 Å². The quantitative estimate of drug-likeness (QED) is 0.873. The second-order valence-electron chi connectivity index (χ2n) is 3.43. The van der Waals surface area contributed by atoms with Crippen LogP contribution in [0.4, 0.5) is 0 Å². The first kappa shape index (κ1) is 11.2. The zero-order valence-corrected chi connectivity index (χ0v) is 10.5. The van der Waals surface area contributed by atoms with Gasteiger partial charge in [0.25, 0.3) is 0 Å². The van der Waals surface area contributed by atoms with Gasteiger partial charge in [-0.15, -0.1) is 11.3 Å². The Morgan fingerprint density at radius 2 is 2.23 bits per heavy atom. The molecular weight excluding hydrogens is 246 g/mol. The van der Waals surface area contributed by atoms with E-state index >= 15 is 0 Å². The molecule has 1 heterocycles. The van der Waals surface area contributed by atoms with Crippen LogP contribution >= 0.6 is 27.3 Å². The molecule has 2 N–H and O–H groups in total. The van der Waals surface area contributed by atoms with Crippen molar-refractivity contribution in [2.75, 3.05) is 0 Å². The number of thiophene rings is 1. The molecule has 1 aromatic rings. The summed E-state index contributed by atoms with van der Waals surface area (Å²) in [6.45, 7) is 4.43. The minimum Gasteiger partial charge on any atom is -0.323 e. The summed E-state index contributed by atoms with van der Waals surface area (Å²) in [5.74, 6) is 0.579. The van der Waals surface area contributed by atoms with Crippen molar-refractivity contribution in [1.29, 1.82) is 0 Å². The standard InChI is InChI=1S/C10H16BrNS/c1-3-4-7(2)10(12)8-5-6-9(11)13-8/h5-7,10H,3-4,12H2,1-2H3. The molecule has 2 unspecified atom stereocenters. The molecule has 0 aromatic carbocycles. The smallest absolute Gasteiger partial charge is 0.0701 e. The Bertz CT molecular complexity index is 259. The van der Waals surface area contributed by atoms with Gasteiger partial charge in [-0.25, -0.2) is 0 Å². The van der Waals surface area contributed by atoms with Crippen molar-refractivity contribution in [1.82, 2.24) is 0 Å². The maximum Gasteiger partial charge on any atom is 0.0701 e. The summed E-state index contributed by atoms with van der Waals surface area (Å²) >= 11 is 5.19. The summed E-state index contributed by atoms with van der Waals surface area (Å²) in [4.78, 5) is 1.29. The Hall–Kier alpha value is 0.140. The molecule has 1 nitrogen and oxygen atoms in total. The van der Waals surface area contributed by atoms with Crippen molar-refractivity contribution in [3.63, 3.8) is 0 Å². The molecule has 1 rings (SSSR count). The first-order chi connectivity index (χ1) is 6.15. The molecule has 2 atom stereocenters. The minimum absolute atomic E-state index is 0.205. The summed E-state index contributed by atoms with van der Waals surface area (Å²) in [5.41, 5.74) is 6.13. The summed E-state index contributed by atoms with van der Waals surface area (Å²) in [6, 6.07) is 4.39. The molecule has 0 radical (unpaired) electrons. The van der Waals surface area contributed by atoms with Crippen LogP contribution in [0.5, 0.6) is 0 Å². The van der Waals surface area contributed by atoms with Gasteiger partial charge in [0, 0.05) is 10.9 Å². The Morgan fingerprint density at radius 3 is 2.69 bits per heavy atom. The SMILES string of the molecule is CCCC(C)C(N)c1ccc(Br)s1. The molecule has 0 saturated heterocycles.